The topological polar surface area (TPSA) is 69.7 Å². The van der Waals surface area contributed by atoms with Gasteiger partial charge in [-0.15, -0.1) is 11.3 Å². The number of alkyl halides is 3. The van der Waals surface area contributed by atoms with Gasteiger partial charge in [0.2, 0.25) is 0 Å². The summed E-state index contributed by atoms with van der Waals surface area (Å²) in [6.45, 7) is -0.0252. The van der Waals surface area contributed by atoms with Crippen molar-refractivity contribution >= 4 is 22.9 Å². The molecule has 0 aliphatic carbocycles. The normalized spacial score (nSPS) is 11.1. The Morgan fingerprint density at radius 3 is 2.53 bits per heavy atom. The van der Waals surface area contributed by atoms with Crippen LogP contribution in [0.5, 0.6) is 17.2 Å². The van der Waals surface area contributed by atoms with Gasteiger partial charge in [-0.05, 0) is 42.0 Å². The number of aromatic nitrogens is 1. The molecule has 0 saturated carbocycles. The standard InChI is InChI=1S/C26H21F3N2O4S/c1-33-19-9-10-21(23(13-19)34-2)30-24(32)22-15-36-25(31-22)17-6-4-8-20(12-17)35-14-16-5-3-7-18(11-16)26(27,28)29/h3-13,15H,14H2,1-2H3,(H,30,32). The lowest BCUT2D eigenvalue weighted by molar-refractivity contribution is -0.137. The van der Waals surface area contributed by atoms with Crippen molar-refractivity contribution in [2.45, 2.75) is 12.8 Å². The largest absolute Gasteiger partial charge is 0.497 e. The molecule has 1 heterocycles. The number of amides is 1. The summed E-state index contributed by atoms with van der Waals surface area (Å²) in [4.78, 5) is 17.2. The van der Waals surface area contributed by atoms with E-state index in [1.54, 1.807) is 47.8 Å². The first-order chi connectivity index (χ1) is 17.3. The van der Waals surface area contributed by atoms with Crippen molar-refractivity contribution in [1.29, 1.82) is 0 Å². The van der Waals surface area contributed by atoms with Gasteiger partial charge in [-0.2, -0.15) is 13.2 Å². The average Bonchev–Trinajstić information content (AvgIpc) is 3.38. The first-order valence-electron chi connectivity index (χ1n) is 10.6. The molecule has 0 spiro atoms. The molecule has 1 amide bonds. The molecule has 0 aliphatic rings. The second-order valence-corrected chi connectivity index (χ2v) is 8.43. The Kier molecular flexibility index (Phi) is 7.44. The van der Waals surface area contributed by atoms with Crippen LogP contribution in [0.1, 0.15) is 21.6 Å². The lowest BCUT2D eigenvalue weighted by atomic mass is 10.1. The monoisotopic (exact) mass is 514 g/mol. The molecule has 0 bridgehead atoms. The minimum Gasteiger partial charge on any atom is -0.497 e. The van der Waals surface area contributed by atoms with Crippen molar-refractivity contribution in [1.82, 2.24) is 4.98 Å². The first-order valence-corrected chi connectivity index (χ1v) is 11.5. The summed E-state index contributed by atoms with van der Waals surface area (Å²) >= 11 is 1.28. The van der Waals surface area contributed by atoms with Crippen LogP contribution in [0.4, 0.5) is 18.9 Å². The second kappa shape index (κ2) is 10.7. The van der Waals surface area contributed by atoms with Crippen LogP contribution in [0.2, 0.25) is 0 Å². The van der Waals surface area contributed by atoms with Gasteiger partial charge in [-0.25, -0.2) is 4.98 Å². The highest BCUT2D eigenvalue weighted by atomic mass is 32.1. The van der Waals surface area contributed by atoms with Crippen molar-refractivity contribution < 1.29 is 32.2 Å². The summed E-state index contributed by atoms with van der Waals surface area (Å²) in [7, 11) is 3.03. The molecule has 4 rings (SSSR count). The van der Waals surface area contributed by atoms with Crippen molar-refractivity contribution in [2.24, 2.45) is 0 Å². The molecule has 10 heteroatoms. The summed E-state index contributed by atoms with van der Waals surface area (Å²) in [5.41, 5.74) is 1.09. The Bertz CT molecular complexity index is 1370. The first kappa shape index (κ1) is 25.1. The number of carbonyl (C=O) groups is 1. The van der Waals surface area contributed by atoms with Crippen LogP contribution < -0.4 is 19.5 Å². The SMILES string of the molecule is COc1ccc(NC(=O)c2csc(-c3cccc(OCc4cccc(C(F)(F)F)c4)c3)n2)c(OC)c1. The molecule has 6 nitrogen and oxygen atoms in total. The maximum atomic E-state index is 12.9. The zero-order valence-corrected chi connectivity index (χ0v) is 20.1. The van der Waals surface area contributed by atoms with Gasteiger partial charge in [-0.3, -0.25) is 4.79 Å². The Morgan fingerprint density at radius 1 is 0.972 bits per heavy atom. The molecular formula is C26H21F3N2O4S. The van der Waals surface area contributed by atoms with Gasteiger partial charge in [0.25, 0.3) is 5.91 Å². The van der Waals surface area contributed by atoms with Gasteiger partial charge in [0.1, 0.15) is 34.6 Å². The predicted octanol–water partition coefficient (Wildman–Crippen LogP) is 6.68. The van der Waals surface area contributed by atoms with E-state index in [1.165, 1.54) is 31.6 Å². The molecule has 3 aromatic carbocycles. The molecule has 4 aromatic rings. The summed E-state index contributed by atoms with van der Waals surface area (Å²) in [5, 5.41) is 5.00. The Morgan fingerprint density at radius 2 is 1.78 bits per heavy atom. The van der Waals surface area contributed by atoms with Crippen LogP contribution in [0, 0.1) is 0 Å². The number of hydrogen-bond acceptors (Lipinski definition) is 6. The average molecular weight is 515 g/mol. The number of carbonyl (C=O) groups excluding carboxylic acids is 1. The van der Waals surface area contributed by atoms with E-state index in [-0.39, 0.29) is 12.3 Å². The van der Waals surface area contributed by atoms with E-state index in [1.807, 2.05) is 6.07 Å². The van der Waals surface area contributed by atoms with Crippen molar-refractivity contribution in [3.63, 3.8) is 0 Å². The minimum atomic E-state index is -4.41. The highest BCUT2D eigenvalue weighted by Crippen LogP contribution is 2.32. The molecule has 186 valence electrons. The fourth-order valence-electron chi connectivity index (χ4n) is 3.32. The Hall–Kier alpha value is -4.05. The molecular weight excluding hydrogens is 493 g/mol. The lowest BCUT2D eigenvalue weighted by Crippen LogP contribution is -2.13. The smallest absolute Gasteiger partial charge is 0.416 e. The second-order valence-electron chi connectivity index (χ2n) is 7.57. The molecule has 0 aliphatic heterocycles. The van der Waals surface area contributed by atoms with Gasteiger partial charge < -0.3 is 19.5 Å². The molecule has 0 unspecified atom stereocenters. The van der Waals surface area contributed by atoms with Crippen molar-refractivity contribution in [3.05, 3.63) is 88.9 Å². The van der Waals surface area contributed by atoms with E-state index in [0.717, 1.165) is 12.1 Å². The van der Waals surface area contributed by atoms with Crippen molar-refractivity contribution in [3.8, 4) is 27.8 Å². The van der Waals surface area contributed by atoms with Gasteiger partial charge >= 0.3 is 6.18 Å². The van der Waals surface area contributed by atoms with E-state index in [2.05, 4.69) is 10.3 Å². The quantitative estimate of drug-likeness (QED) is 0.284. The van der Waals surface area contributed by atoms with Crippen LogP contribution in [0.15, 0.2) is 72.1 Å². The van der Waals surface area contributed by atoms with Gasteiger partial charge in [0.05, 0.1) is 25.5 Å². The number of thiazole rings is 1. The number of halogens is 3. The predicted molar refractivity (Wildman–Crippen MR) is 131 cm³/mol. The molecule has 1 N–H and O–H groups in total. The zero-order valence-electron chi connectivity index (χ0n) is 19.3. The third-order valence-electron chi connectivity index (χ3n) is 5.13. The van der Waals surface area contributed by atoms with E-state index in [9.17, 15) is 18.0 Å². The lowest BCUT2D eigenvalue weighted by Gasteiger charge is -2.11. The van der Waals surface area contributed by atoms with E-state index < -0.39 is 17.6 Å². The fraction of sp³-hybridized carbons (Fsp3) is 0.154. The van der Waals surface area contributed by atoms with Crippen molar-refractivity contribution in [2.75, 3.05) is 19.5 Å². The Labute approximate surface area is 209 Å². The summed E-state index contributed by atoms with van der Waals surface area (Å²) < 4.78 is 55.0. The molecule has 1 aromatic heterocycles. The number of methoxy groups -OCH3 is 2. The number of anilines is 1. The van der Waals surface area contributed by atoms with Crippen LogP contribution in [0.25, 0.3) is 10.6 Å². The summed E-state index contributed by atoms with van der Waals surface area (Å²) in [6, 6.07) is 17.0. The van der Waals surface area contributed by atoms with Crippen LogP contribution in [-0.2, 0) is 12.8 Å². The molecule has 0 atom stereocenters. The highest BCUT2D eigenvalue weighted by molar-refractivity contribution is 7.13. The van der Waals surface area contributed by atoms with E-state index in [0.29, 0.717) is 39.1 Å². The summed E-state index contributed by atoms with van der Waals surface area (Å²) in [5.74, 6) is 1.10. The van der Waals surface area contributed by atoms with Crippen LogP contribution >= 0.6 is 11.3 Å². The van der Waals surface area contributed by atoms with Gasteiger partial charge in [0, 0.05) is 17.0 Å². The fourth-order valence-corrected chi connectivity index (χ4v) is 4.12. The third-order valence-corrected chi connectivity index (χ3v) is 6.03. The minimum absolute atomic E-state index is 0.0252. The van der Waals surface area contributed by atoms with Crippen LogP contribution in [0.3, 0.4) is 0 Å². The summed E-state index contributed by atoms with van der Waals surface area (Å²) in [6.07, 6.45) is -4.41. The maximum absolute atomic E-state index is 12.9. The molecule has 0 saturated heterocycles. The number of nitrogens with zero attached hydrogens (tertiary/aromatic N) is 1. The van der Waals surface area contributed by atoms with Crippen LogP contribution in [-0.4, -0.2) is 25.1 Å². The zero-order chi connectivity index (χ0) is 25.7. The number of hydrogen-bond donors (Lipinski definition) is 1. The number of benzene rings is 3. The number of ether oxygens (including phenoxy) is 3. The number of nitrogens with one attached hydrogen (secondary N) is 1. The molecule has 0 radical (unpaired) electrons. The van der Waals surface area contributed by atoms with Gasteiger partial charge in [0.15, 0.2) is 0 Å². The van der Waals surface area contributed by atoms with E-state index in [4.69, 9.17) is 14.2 Å². The molecule has 36 heavy (non-hydrogen) atoms. The highest BCUT2D eigenvalue weighted by Gasteiger charge is 2.30. The third kappa shape index (κ3) is 5.95. The van der Waals surface area contributed by atoms with E-state index >= 15 is 0 Å². The number of rotatable bonds is 8. The maximum Gasteiger partial charge on any atom is 0.416 e. The van der Waals surface area contributed by atoms with Gasteiger partial charge in [-0.1, -0.05) is 24.3 Å². The Balaban J connectivity index is 1.45. The molecule has 0 fully saturated rings.